The lowest BCUT2D eigenvalue weighted by Crippen LogP contribution is -2.14. The Bertz CT molecular complexity index is 1260. The first-order valence-corrected chi connectivity index (χ1v) is 9.35. The molecule has 140 valence electrons. The van der Waals surface area contributed by atoms with Crippen LogP contribution in [0.4, 0.5) is 0 Å². The summed E-state index contributed by atoms with van der Waals surface area (Å²) in [6, 6.07) is 16.3. The number of carbonyl (C=O) groups is 1. The third kappa shape index (κ3) is 3.65. The highest BCUT2D eigenvalue weighted by atomic mass is 32.1. The van der Waals surface area contributed by atoms with Crippen LogP contribution in [-0.4, -0.2) is 22.5 Å². The van der Waals surface area contributed by atoms with Gasteiger partial charge in [-0.05, 0) is 35.9 Å². The second-order valence-electron chi connectivity index (χ2n) is 5.99. The van der Waals surface area contributed by atoms with Crippen molar-refractivity contribution in [3.8, 4) is 5.75 Å². The fourth-order valence-electron chi connectivity index (χ4n) is 2.80. The van der Waals surface area contributed by atoms with Gasteiger partial charge >= 0.3 is 5.97 Å². The van der Waals surface area contributed by atoms with Crippen LogP contribution in [0.2, 0.25) is 0 Å². The molecule has 2 aromatic carbocycles. The normalized spacial score (nSPS) is 11.3. The summed E-state index contributed by atoms with van der Waals surface area (Å²) in [5.41, 5.74) is 1.87. The van der Waals surface area contributed by atoms with Gasteiger partial charge in [0, 0.05) is 12.1 Å². The first kappa shape index (κ1) is 17.9. The Morgan fingerprint density at radius 3 is 2.89 bits per heavy atom. The highest BCUT2D eigenvalue weighted by Gasteiger charge is 2.10. The van der Waals surface area contributed by atoms with Gasteiger partial charge in [-0.15, -0.1) is 0 Å². The molecular weight excluding hydrogens is 376 g/mol. The molecule has 0 radical (unpaired) electrons. The van der Waals surface area contributed by atoms with Crippen molar-refractivity contribution in [1.29, 1.82) is 0 Å². The van der Waals surface area contributed by atoms with Crippen molar-refractivity contribution in [1.82, 2.24) is 9.38 Å². The molecule has 0 saturated carbocycles. The van der Waals surface area contributed by atoms with Crippen LogP contribution in [0.15, 0.2) is 65.5 Å². The van der Waals surface area contributed by atoms with E-state index in [9.17, 15) is 9.59 Å². The van der Waals surface area contributed by atoms with E-state index in [0.29, 0.717) is 16.4 Å². The molecule has 0 aliphatic rings. The fourth-order valence-corrected chi connectivity index (χ4v) is 3.85. The molecule has 2 heterocycles. The first-order valence-electron chi connectivity index (χ1n) is 8.53. The Hall–Kier alpha value is -3.45. The maximum absolute atomic E-state index is 12.5. The maximum Gasteiger partial charge on any atom is 0.331 e. The number of fused-ring (bicyclic) bond motifs is 3. The highest BCUT2D eigenvalue weighted by Crippen LogP contribution is 2.23. The van der Waals surface area contributed by atoms with Gasteiger partial charge in [0.25, 0.3) is 5.56 Å². The first-order chi connectivity index (χ1) is 13.6. The van der Waals surface area contributed by atoms with Crippen molar-refractivity contribution in [2.24, 2.45) is 0 Å². The minimum atomic E-state index is -0.513. The number of nitrogens with zero attached hydrogens (tertiary/aromatic N) is 2. The summed E-state index contributed by atoms with van der Waals surface area (Å²) in [6.07, 6.45) is 2.97. The number of carbonyl (C=O) groups excluding carboxylic acids is 1. The number of rotatable bonds is 5. The molecule has 0 aliphatic carbocycles. The summed E-state index contributed by atoms with van der Waals surface area (Å²) in [4.78, 5) is 29.5. The van der Waals surface area contributed by atoms with E-state index in [1.807, 2.05) is 48.5 Å². The molecule has 0 saturated heterocycles. The summed E-state index contributed by atoms with van der Waals surface area (Å²) in [5.74, 6) is 0.193. The van der Waals surface area contributed by atoms with Crippen LogP contribution in [0.3, 0.4) is 0 Å². The Morgan fingerprint density at radius 1 is 1.18 bits per heavy atom. The molecule has 6 nitrogen and oxygen atoms in total. The molecule has 0 N–H and O–H groups in total. The number of aromatic nitrogens is 2. The SMILES string of the molecule is COc1cccc(C=CC(=O)OCc2cc(=O)n3c(n2)sc2ccccc23)c1. The van der Waals surface area contributed by atoms with Crippen LogP contribution in [0.25, 0.3) is 21.3 Å². The van der Waals surface area contributed by atoms with Gasteiger partial charge in [-0.25, -0.2) is 9.78 Å². The smallest absolute Gasteiger partial charge is 0.331 e. The van der Waals surface area contributed by atoms with Gasteiger partial charge in [0.15, 0.2) is 4.96 Å². The molecule has 4 aromatic rings. The summed E-state index contributed by atoms with van der Waals surface area (Å²) < 4.78 is 12.9. The monoisotopic (exact) mass is 392 g/mol. The van der Waals surface area contributed by atoms with E-state index in [4.69, 9.17) is 9.47 Å². The van der Waals surface area contributed by atoms with Crippen molar-refractivity contribution in [3.05, 3.63) is 82.3 Å². The third-order valence-corrected chi connectivity index (χ3v) is 5.14. The van der Waals surface area contributed by atoms with E-state index in [1.54, 1.807) is 17.6 Å². The summed E-state index contributed by atoms with van der Waals surface area (Å²) in [5, 5.41) is 0. The lowest BCUT2D eigenvalue weighted by atomic mass is 10.2. The number of thiazole rings is 1. The molecule has 7 heteroatoms. The minimum Gasteiger partial charge on any atom is -0.497 e. The van der Waals surface area contributed by atoms with Gasteiger partial charge < -0.3 is 9.47 Å². The zero-order chi connectivity index (χ0) is 19.5. The third-order valence-electron chi connectivity index (χ3n) is 4.12. The van der Waals surface area contributed by atoms with E-state index in [1.165, 1.54) is 23.5 Å². The molecule has 0 aliphatic heterocycles. The van der Waals surface area contributed by atoms with Crippen LogP contribution >= 0.6 is 11.3 Å². The number of hydrogen-bond donors (Lipinski definition) is 0. The topological polar surface area (TPSA) is 69.9 Å². The zero-order valence-corrected chi connectivity index (χ0v) is 15.8. The van der Waals surface area contributed by atoms with Crippen LogP contribution in [0.5, 0.6) is 5.75 Å². The average molecular weight is 392 g/mol. The molecular formula is C21H16N2O4S. The van der Waals surface area contributed by atoms with Crippen molar-refractivity contribution < 1.29 is 14.3 Å². The predicted molar refractivity (Wildman–Crippen MR) is 109 cm³/mol. The van der Waals surface area contributed by atoms with E-state index in [-0.39, 0.29) is 12.2 Å². The summed E-state index contributed by atoms with van der Waals surface area (Å²) >= 11 is 1.42. The van der Waals surface area contributed by atoms with Gasteiger partial charge in [-0.2, -0.15) is 0 Å². The highest BCUT2D eigenvalue weighted by molar-refractivity contribution is 7.23. The zero-order valence-electron chi connectivity index (χ0n) is 15.0. The standard InChI is InChI=1S/C21H16N2O4S/c1-26-16-6-4-5-14(11-16)9-10-20(25)27-13-15-12-19(24)23-17-7-2-3-8-18(17)28-21(23)22-15/h2-12H,13H2,1H3. The second kappa shape index (κ2) is 7.66. The quantitative estimate of drug-likeness (QED) is 0.383. The van der Waals surface area contributed by atoms with Crippen LogP contribution in [0.1, 0.15) is 11.3 Å². The summed E-state index contributed by atoms with van der Waals surface area (Å²) in [7, 11) is 1.58. The lowest BCUT2D eigenvalue weighted by molar-refractivity contribution is -0.139. The Balaban J connectivity index is 1.49. The number of esters is 1. The predicted octanol–water partition coefficient (Wildman–Crippen LogP) is 3.67. The van der Waals surface area contributed by atoms with Gasteiger partial charge in [0.2, 0.25) is 0 Å². The van der Waals surface area contributed by atoms with Gasteiger partial charge in [0.1, 0.15) is 12.4 Å². The molecule has 4 rings (SSSR count). The molecule has 0 unspecified atom stereocenters. The number of hydrogen-bond acceptors (Lipinski definition) is 6. The van der Waals surface area contributed by atoms with Crippen molar-refractivity contribution in [2.75, 3.05) is 7.11 Å². The number of ether oxygens (including phenoxy) is 2. The Kier molecular flexibility index (Phi) is 4.90. The van der Waals surface area contributed by atoms with Gasteiger partial charge in [0.05, 0.1) is 23.0 Å². The van der Waals surface area contributed by atoms with E-state index < -0.39 is 5.97 Å². The molecule has 0 spiro atoms. The van der Waals surface area contributed by atoms with Crippen molar-refractivity contribution in [3.63, 3.8) is 0 Å². The number of methoxy groups -OCH3 is 1. The second-order valence-corrected chi connectivity index (χ2v) is 7.00. The number of benzene rings is 2. The minimum absolute atomic E-state index is 0.0682. The summed E-state index contributed by atoms with van der Waals surface area (Å²) in [6.45, 7) is -0.0682. The largest absolute Gasteiger partial charge is 0.497 e. The fraction of sp³-hybridized carbons (Fsp3) is 0.0952. The van der Waals surface area contributed by atoms with E-state index in [2.05, 4.69) is 4.98 Å². The van der Waals surface area contributed by atoms with Crippen molar-refractivity contribution in [2.45, 2.75) is 6.61 Å². The van der Waals surface area contributed by atoms with E-state index >= 15 is 0 Å². The molecule has 0 bridgehead atoms. The molecule has 0 amide bonds. The maximum atomic E-state index is 12.5. The number of para-hydroxylation sites is 1. The van der Waals surface area contributed by atoms with Crippen LogP contribution < -0.4 is 10.3 Å². The Morgan fingerprint density at radius 2 is 2.04 bits per heavy atom. The molecule has 2 aromatic heterocycles. The molecule has 28 heavy (non-hydrogen) atoms. The Labute approximate surface area is 164 Å². The van der Waals surface area contributed by atoms with Gasteiger partial charge in [-0.3, -0.25) is 9.20 Å². The van der Waals surface area contributed by atoms with Gasteiger partial charge in [-0.1, -0.05) is 35.6 Å². The molecule has 0 atom stereocenters. The lowest BCUT2D eigenvalue weighted by Gasteiger charge is -2.03. The van der Waals surface area contributed by atoms with Crippen molar-refractivity contribution >= 4 is 38.6 Å². The van der Waals surface area contributed by atoms with E-state index in [0.717, 1.165) is 15.8 Å². The molecule has 0 fully saturated rings. The average Bonchev–Trinajstić information content (AvgIpc) is 3.09. The van der Waals surface area contributed by atoms with Crippen LogP contribution in [0, 0.1) is 0 Å². The van der Waals surface area contributed by atoms with Crippen LogP contribution in [-0.2, 0) is 16.1 Å².